The van der Waals surface area contributed by atoms with Gasteiger partial charge in [-0.05, 0) is 42.7 Å². The number of aliphatic hydroxyl groups excluding tert-OH is 3. The van der Waals surface area contributed by atoms with E-state index in [1.807, 2.05) is 13.8 Å². The van der Waals surface area contributed by atoms with Crippen molar-refractivity contribution < 1.29 is 15.3 Å². The predicted octanol–water partition coefficient (Wildman–Crippen LogP) is 1.86. The molecule has 2 aliphatic carbocycles. The molecular weight excluding hydrogens is 228 g/mol. The third-order valence-electron chi connectivity index (χ3n) is 5.28. The van der Waals surface area contributed by atoms with Gasteiger partial charge in [0.2, 0.25) is 0 Å². The molecule has 5 atom stereocenters. The second kappa shape index (κ2) is 4.62. The van der Waals surface area contributed by atoms with E-state index in [1.54, 1.807) is 0 Å². The van der Waals surface area contributed by atoms with Crippen LogP contribution >= 0.6 is 0 Å². The molecule has 0 radical (unpaired) electrons. The minimum absolute atomic E-state index is 0.237. The van der Waals surface area contributed by atoms with Gasteiger partial charge in [-0.3, -0.25) is 0 Å². The average Bonchev–Trinajstić information content (AvgIpc) is 2.26. The highest BCUT2D eigenvalue weighted by Gasteiger charge is 2.50. The molecule has 3 nitrogen and oxygen atoms in total. The molecule has 1 fully saturated rings. The van der Waals surface area contributed by atoms with Gasteiger partial charge in [0, 0.05) is 11.8 Å². The molecule has 0 amide bonds. The summed E-state index contributed by atoms with van der Waals surface area (Å²) in [6.45, 7) is 8.18. The van der Waals surface area contributed by atoms with E-state index in [1.165, 1.54) is 0 Å². The molecule has 104 valence electrons. The Labute approximate surface area is 110 Å². The van der Waals surface area contributed by atoms with Gasteiger partial charge in [-0.15, -0.1) is 0 Å². The molecule has 0 aliphatic heterocycles. The first-order valence-corrected chi connectivity index (χ1v) is 7.04. The summed E-state index contributed by atoms with van der Waals surface area (Å²) in [7, 11) is 0. The van der Waals surface area contributed by atoms with Crippen LogP contribution in [0, 0.1) is 17.3 Å². The molecule has 0 saturated heterocycles. The summed E-state index contributed by atoms with van der Waals surface area (Å²) in [6.07, 6.45) is 0.559. The van der Waals surface area contributed by atoms with Crippen molar-refractivity contribution in [3.05, 3.63) is 11.1 Å². The van der Waals surface area contributed by atoms with Crippen molar-refractivity contribution >= 4 is 0 Å². The molecule has 0 aromatic heterocycles. The Morgan fingerprint density at radius 1 is 1.22 bits per heavy atom. The second-order valence-corrected chi connectivity index (χ2v) is 6.67. The Morgan fingerprint density at radius 2 is 1.83 bits per heavy atom. The highest BCUT2D eigenvalue weighted by molar-refractivity contribution is 5.34. The lowest BCUT2D eigenvalue weighted by atomic mass is 9.57. The molecule has 0 aromatic carbocycles. The van der Waals surface area contributed by atoms with E-state index in [0.717, 1.165) is 24.0 Å². The van der Waals surface area contributed by atoms with Crippen LogP contribution in [0.5, 0.6) is 0 Å². The van der Waals surface area contributed by atoms with E-state index in [-0.39, 0.29) is 11.3 Å². The lowest BCUT2D eigenvalue weighted by Gasteiger charge is -2.51. The normalized spacial score (nSPS) is 45.3. The molecule has 18 heavy (non-hydrogen) atoms. The quantitative estimate of drug-likeness (QED) is 0.626. The number of rotatable bonds is 1. The van der Waals surface area contributed by atoms with Gasteiger partial charge < -0.3 is 15.3 Å². The van der Waals surface area contributed by atoms with Crippen LogP contribution in [0.3, 0.4) is 0 Å². The van der Waals surface area contributed by atoms with Crippen LogP contribution in [-0.2, 0) is 0 Å². The van der Waals surface area contributed by atoms with Crippen molar-refractivity contribution in [2.45, 2.75) is 65.3 Å². The minimum atomic E-state index is -0.608. The zero-order valence-electron chi connectivity index (χ0n) is 11.8. The van der Waals surface area contributed by atoms with Crippen LogP contribution in [0.4, 0.5) is 0 Å². The Balaban J connectivity index is 2.44. The van der Waals surface area contributed by atoms with Gasteiger partial charge in [0.05, 0.1) is 18.3 Å². The molecule has 0 spiro atoms. The SMILES string of the molecule is CC1=C2[C@@H](O)[C@H](C(C)C)CC[C@@]2(C)[C@@H](O)C[C@@H]1O. The molecular formula is C15H26O3. The van der Waals surface area contributed by atoms with Crippen molar-refractivity contribution in [3.8, 4) is 0 Å². The maximum absolute atomic E-state index is 10.6. The molecule has 0 aromatic rings. The van der Waals surface area contributed by atoms with Gasteiger partial charge >= 0.3 is 0 Å². The first-order valence-electron chi connectivity index (χ1n) is 7.04. The van der Waals surface area contributed by atoms with Crippen LogP contribution in [0.1, 0.15) is 47.0 Å². The first-order chi connectivity index (χ1) is 8.29. The van der Waals surface area contributed by atoms with Gasteiger partial charge in [-0.2, -0.15) is 0 Å². The van der Waals surface area contributed by atoms with E-state index in [0.29, 0.717) is 12.3 Å². The average molecular weight is 254 g/mol. The molecule has 1 saturated carbocycles. The van der Waals surface area contributed by atoms with E-state index in [4.69, 9.17) is 0 Å². The molecule has 2 rings (SSSR count). The lowest BCUT2D eigenvalue weighted by molar-refractivity contribution is -0.0479. The van der Waals surface area contributed by atoms with Crippen molar-refractivity contribution in [1.29, 1.82) is 0 Å². The Hall–Kier alpha value is -0.380. The minimum Gasteiger partial charge on any atom is -0.392 e. The highest BCUT2D eigenvalue weighted by atomic mass is 16.3. The smallest absolute Gasteiger partial charge is 0.0790 e. The summed E-state index contributed by atoms with van der Waals surface area (Å²) in [5.41, 5.74) is 1.42. The van der Waals surface area contributed by atoms with Gasteiger partial charge in [-0.1, -0.05) is 20.8 Å². The first kappa shape index (κ1) is 14.0. The number of fused-ring (bicyclic) bond motifs is 1. The van der Waals surface area contributed by atoms with Gasteiger partial charge in [0.1, 0.15) is 0 Å². The van der Waals surface area contributed by atoms with Gasteiger partial charge in [0.15, 0.2) is 0 Å². The molecule has 3 heteroatoms. The molecule has 0 unspecified atom stereocenters. The van der Waals surface area contributed by atoms with Gasteiger partial charge in [-0.25, -0.2) is 0 Å². The third kappa shape index (κ3) is 1.93. The maximum Gasteiger partial charge on any atom is 0.0790 e. The van der Waals surface area contributed by atoms with Crippen LogP contribution < -0.4 is 0 Å². The van der Waals surface area contributed by atoms with E-state index >= 15 is 0 Å². The summed E-state index contributed by atoms with van der Waals surface area (Å²) < 4.78 is 0. The highest BCUT2D eigenvalue weighted by Crippen LogP contribution is 2.52. The molecule has 0 heterocycles. The molecule has 3 N–H and O–H groups in total. The Morgan fingerprint density at radius 3 is 2.39 bits per heavy atom. The van der Waals surface area contributed by atoms with Crippen LogP contribution in [0.25, 0.3) is 0 Å². The molecule has 0 bridgehead atoms. The zero-order chi connectivity index (χ0) is 13.7. The fraction of sp³-hybridized carbons (Fsp3) is 0.867. The fourth-order valence-electron chi connectivity index (χ4n) is 3.87. The van der Waals surface area contributed by atoms with Gasteiger partial charge in [0.25, 0.3) is 0 Å². The standard InChI is InChI=1S/C15H26O3/c1-8(2)10-5-6-15(4)12(17)7-11(16)9(3)13(15)14(10)18/h8,10-12,14,16-18H,5-7H2,1-4H3/t10-,11-,12-,14-,15-/m0/s1. The largest absolute Gasteiger partial charge is 0.392 e. The monoisotopic (exact) mass is 254 g/mol. The Kier molecular flexibility index (Phi) is 3.60. The van der Waals surface area contributed by atoms with Crippen molar-refractivity contribution in [2.24, 2.45) is 17.3 Å². The van der Waals surface area contributed by atoms with Crippen molar-refractivity contribution in [2.75, 3.05) is 0 Å². The van der Waals surface area contributed by atoms with Crippen LogP contribution in [0.2, 0.25) is 0 Å². The van der Waals surface area contributed by atoms with Crippen molar-refractivity contribution in [3.63, 3.8) is 0 Å². The van der Waals surface area contributed by atoms with E-state index < -0.39 is 18.3 Å². The summed E-state index contributed by atoms with van der Waals surface area (Å²) in [4.78, 5) is 0. The molecule has 2 aliphatic rings. The third-order valence-corrected chi connectivity index (χ3v) is 5.28. The summed E-state index contributed by atoms with van der Waals surface area (Å²) in [6, 6.07) is 0. The van der Waals surface area contributed by atoms with E-state index in [2.05, 4.69) is 13.8 Å². The Bertz CT molecular complexity index is 361. The number of hydrogen-bond acceptors (Lipinski definition) is 3. The number of hydrogen-bond donors (Lipinski definition) is 3. The zero-order valence-corrected chi connectivity index (χ0v) is 11.8. The fourth-order valence-corrected chi connectivity index (χ4v) is 3.87. The van der Waals surface area contributed by atoms with Crippen LogP contribution in [-0.4, -0.2) is 33.6 Å². The van der Waals surface area contributed by atoms with E-state index in [9.17, 15) is 15.3 Å². The van der Waals surface area contributed by atoms with Crippen LogP contribution in [0.15, 0.2) is 11.1 Å². The summed E-state index contributed by atoms with van der Waals surface area (Å²) >= 11 is 0. The second-order valence-electron chi connectivity index (χ2n) is 6.67. The summed E-state index contributed by atoms with van der Waals surface area (Å²) in [5.74, 6) is 0.654. The number of aliphatic hydroxyl groups is 3. The predicted molar refractivity (Wildman–Crippen MR) is 71.0 cm³/mol. The summed E-state index contributed by atoms with van der Waals surface area (Å²) in [5, 5.41) is 30.9. The topological polar surface area (TPSA) is 60.7 Å². The van der Waals surface area contributed by atoms with Crippen molar-refractivity contribution in [1.82, 2.24) is 0 Å². The lowest BCUT2D eigenvalue weighted by Crippen LogP contribution is -2.51. The maximum atomic E-state index is 10.6.